The number of nitrogens with zero attached hydrogens (tertiary/aromatic N) is 1. The van der Waals surface area contributed by atoms with Crippen LogP contribution in [0.25, 0.3) is 0 Å². The number of benzene rings is 1. The Morgan fingerprint density at radius 1 is 1.30 bits per heavy atom. The molecule has 0 bridgehead atoms. The zero-order chi connectivity index (χ0) is 14.8. The van der Waals surface area contributed by atoms with Crippen LogP contribution in [0.5, 0.6) is 0 Å². The average Bonchev–Trinajstić information content (AvgIpc) is 2.43. The summed E-state index contributed by atoms with van der Waals surface area (Å²) in [6.45, 7) is 0.860. The lowest BCUT2D eigenvalue weighted by Crippen LogP contribution is -2.27. The van der Waals surface area contributed by atoms with E-state index in [1.807, 2.05) is 6.07 Å². The smallest absolute Gasteiger partial charge is 0.215 e. The lowest BCUT2D eigenvalue weighted by atomic mass is 10.1. The Morgan fingerprint density at radius 2 is 2.05 bits per heavy atom. The molecule has 0 aliphatic rings. The minimum Gasteiger partial charge on any atom is -0.394 e. The fourth-order valence-electron chi connectivity index (χ4n) is 1.58. The molecule has 110 valence electrons. The SMILES string of the molecule is N#Cc1ccccc1CS(=O)(=O)NCCCOCCO. The first-order valence-corrected chi connectivity index (χ1v) is 7.88. The summed E-state index contributed by atoms with van der Waals surface area (Å²) in [6, 6.07) is 8.59. The molecule has 0 saturated carbocycles. The Labute approximate surface area is 119 Å². The third-order valence-electron chi connectivity index (χ3n) is 2.51. The van der Waals surface area contributed by atoms with Gasteiger partial charge in [0.05, 0.1) is 30.6 Å². The number of aliphatic hydroxyl groups is 1. The quantitative estimate of drug-likeness (QED) is 0.642. The van der Waals surface area contributed by atoms with E-state index in [0.29, 0.717) is 24.2 Å². The van der Waals surface area contributed by atoms with E-state index < -0.39 is 10.0 Å². The summed E-state index contributed by atoms with van der Waals surface area (Å²) in [5, 5.41) is 17.4. The van der Waals surface area contributed by atoms with Gasteiger partial charge in [0.15, 0.2) is 0 Å². The second-order valence-corrected chi connectivity index (χ2v) is 5.92. The van der Waals surface area contributed by atoms with Crippen molar-refractivity contribution in [1.29, 1.82) is 5.26 Å². The van der Waals surface area contributed by atoms with E-state index in [2.05, 4.69) is 4.72 Å². The van der Waals surface area contributed by atoms with Gasteiger partial charge in [-0.15, -0.1) is 0 Å². The van der Waals surface area contributed by atoms with Crippen molar-refractivity contribution in [1.82, 2.24) is 4.72 Å². The number of nitrogens with one attached hydrogen (secondary N) is 1. The number of ether oxygens (including phenoxy) is 1. The van der Waals surface area contributed by atoms with E-state index in [1.165, 1.54) is 0 Å². The molecule has 1 aromatic rings. The highest BCUT2D eigenvalue weighted by Crippen LogP contribution is 2.10. The summed E-state index contributed by atoms with van der Waals surface area (Å²) in [6.07, 6.45) is 0.527. The molecule has 0 atom stereocenters. The van der Waals surface area contributed by atoms with Crippen molar-refractivity contribution in [2.45, 2.75) is 12.2 Å². The predicted octanol–water partition coefficient (Wildman–Crippen LogP) is 0.377. The summed E-state index contributed by atoms with van der Waals surface area (Å²) in [4.78, 5) is 0. The zero-order valence-corrected chi connectivity index (χ0v) is 11.9. The van der Waals surface area contributed by atoms with E-state index in [0.717, 1.165) is 0 Å². The standard InChI is InChI=1S/C13H18N2O4S/c14-10-12-4-1-2-5-13(12)11-20(17,18)15-6-3-8-19-9-7-16/h1-2,4-5,15-16H,3,6-9,11H2. The Morgan fingerprint density at radius 3 is 2.75 bits per heavy atom. The minimum atomic E-state index is -3.47. The molecular formula is C13H18N2O4S. The maximum Gasteiger partial charge on any atom is 0.215 e. The lowest BCUT2D eigenvalue weighted by Gasteiger charge is -2.08. The number of nitriles is 1. The fourth-order valence-corrected chi connectivity index (χ4v) is 2.80. The van der Waals surface area contributed by atoms with E-state index in [1.54, 1.807) is 24.3 Å². The van der Waals surface area contributed by atoms with Gasteiger partial charge in [0, 0.05) is 13.2 Å². The van der Waals surface area contributed by atoms with Gasteiger partial charge in [-0.2, -0.15) is 5.26 Å². The molecule has 0 aliphatic carbocycles. The van der Waals surface area contributed by atoms with E-state index in [9.17, 15) is 8.42 Å². The Kier molecular flexibility index (Phi) is 7.18. The van der Waals surface area contributed by atoms with Crippen LogP contribution in [-0.2, 0) is 20.5 Å². The van der Waals surface area contributed by atoms with Crippen LogP contribution in [0.4, 0.5) is 0 Å². The maximum atomic E-state index is 11.9. The molecule has 1 aromatic carbocycles. The molecule has 0 radical (unpaired) electrons. The summed E-state index contributed by atoms with van der Waals surface area (Å²) in [5.74, 6) is -0.214. The van der Waals surface area contributed by atoms with Crippen molar-refractivity contribution in [2.75, 3.05) is 26.4 Å². The molecular weight excluding hydrogens is 280 g/mol. The molecule has 6 nitrogen and oxygen atoms in total. The molecule has 0 heterocycles. The van der Waals surface area contributed by atoms with Gasteiger partial charge in [0.25, 0.3) is 0 Å². The molecule has 0 aliphatic heterocycles. The Balaban J connectivity index is 2.44. The number of sulfonamides is 1. The van der Waals surface area contributed by atoms with E-state index in [4.69, 9.17) is 15.1 Å². The molecule has 0 fully saturated rings. The Hall–Kier alpha value is -1.46. The van der Waals surface area contributed by atoms with Crippen molar-refractivity contribution in [3.05, 3.63) is 35.4 Å². The first kappa shape index (κ1) is 16.6. The van der Waals surface area contributed by atoms with E-state index >= 15 is 0 Å². The molecule has 0 spiro atoms. The first-order chi connectivity index (χ1) is 9.59. The van der Waals surface area contributed by atoms with Crippen molar-refractivity contribution < 1.29 is 18.3 Å². The third-order valence-corrected chi connectivity index (χ3v) is 3.84. The summed E-state index contributed by atoms with van der Waals surface area (Å²) < 4.78 is 31.2. The molecule has 7 heteroatoms. The molecule has 20 heavy (non-hydrogen) atoms. The van der Waals surface area contributed by atoms with Gasteiger partial charge in [0.2, 0.25) is 10.0 Å². The molecule has 0 saturated heterocycles. The first-order valence-electron chi connectivity index (χ1n) is 6.23. The average molecular weight is 298 g/mol. The van der Waals surface area contributed by atoms with Crippen molar-refractivity contribution in [3.8, 4) is 6.07 Å². The molecule has 0 aromatic heterocycles. The van der Waals surface area contributed by atoms with Crippen molar-refractivity contribution in [3.63, 3.8) is 0 Å². The second-order valence-electron chi connectivity index (χ2n) is 4.11. The van der Waals surface area contributed by atoms with Crippen LogP contribution in [0.1, 0.15) is 17.5 Å². The third kappa shape index (κ3) is 6.12. The molecule has 0 amide bonds. The van der Waals surface area contributed by atoms with Crippen LogP contribution in [0.15, 0.2) is 24.3 Å². The van der Waals surface area contributed by atoms with Gasteiger partial charge in [-0.25, -0.2) is 13.1 Å². The fraction of sp³-hybridized carbons (Fsp3) is 0.462. The van der Waals surface area contributed by atoms with Crippen LogP contribution >= 0.6 is 0 Å². The summed E-state index contributed by atoms with van der Waals surface area (Å²) >= 11 is 0. The Bertz CT molecular complexity index is 552. The number of hydrogen-bond donors (Lipinski definition) is 2. The highest BCUT2D eigenvalue weighted by molar-refractivity contribution is 7.88. The van der Waals surface area contributed by atoms with Crippen LogP contribution in [0, 0.1) is 11.3 Å². The monoisotopic (exact) mass is 298 g/mol. The van der Waals surface area contributed by atoms with Gasteiger partial charge >= 0.3 is 0 Å². The number of aliphatic hydroxyl groups excluding tert-OH is 1. The van der Waals surface area contributed by atoms with Gasteiger partial charge in [-0.05, 0) is 18.1 Å². The summed E-state index contributed by atoms with van der Waals surface area (Å²) in [7, 11) is -3.47. The number of rotatable bonds is 9. The zero-order valence-electron chi connectivity index (χ0n) is 11.1. The van der Waals surface area contributed by atoms with Gasteiger partial charge in [0.1, 0.15) is 0 Å². The highest BCUT2D eigenvalue weighted by atomic mass is 32.2. The van der Waals surface area contributed by atoms with Crippen LogP contribution < -0.4 is 4.72 Å². The minimum absolute atomic E-state index is 0.0450. The van der Waals surface area contributed by atoms with E-state index in [-0.39, 0.29) is 25.5 Å². The van der Waals surface area contributed by atoms with Gasteiger partial charge in [-0.1, -0.05) is 18.2 Å². The summed E-state index contributed by atoms with van der Waals surface area (Å²) in [5.41, 5.74) is 0.850. The molecule has 2 N–H and O–H groups in total. The normalized spacial score (nSPS) is 11.2. The van der Waals surface area contributed by atoms with Crippen molar-refractivity contribution in [2.24, 2.45) is 0 Å². The topological polar surface area (TPSA) is 99.4 Å². The number of hydrogen-bond acceptors (Lipinski definition) is 5. The maximum absolute atomic E-state index is 11.9. The van der Waals surface area contributed by atoms with Gasteiger partial charge < -0.3 is 9.84 Å². The van der Waals surface area contributed by atoms with Crippen LogP contribution in [-0.4, -0.2) is 39.9 Å². The van der Waals surface area contributed by atoms with Crippen LogP contribution in [0.3, 0.4) is 0 Å². The highest BCUT2D eigenvalue weighted by Gasteiger charge is 2.13. The largest absolute Gasteiger partial charge is 0.394 e. The van der Waals surface area contributed by atoms with Crippen molar-refractivity contribution >= 4 is 10.0 Å². The predicted molar refractivity (Wildman–Crippen MR) is 74.3 cm³/mol. The van der Waals surface area contributed by atoms with Gasteiger partial charge in [-0.3, -0.25) is 0 Å². The second kappa shape index (κ2) is 8.66. The van der Waals surface area contributed by atoms with Crippen LogP contribution in [0.2, 0.25) is 0 Å². The molecule has 0 unspecified atom stereocenters. The molecule has 1 rings (SSSR count). The lowest BCUT2D eigenvalue weighted by molar-refractivity contribution is 0.0913.